The molecule has 0 aromatic carbocycles. The average molecular weight is 314 g/mol. The molecule has 1 aromatic heterocycles. The lowest BCUT2D eigenvalue weighted by molar-refractivity contribution is 0.0629. The summed E-state index contributed by atoms with van der Waals surface area (Å²) in [6, 6.07) is 3.54. The molecule has 0 spiro atoms. The Bertz CT molecular complexity index is 466. The number of ether oxygens (including phenoxy) is 1. The lowest BCUT2D eigenvalue weighted by Crippen LogP contribution is -2.39. The van der Waals surface area contributed by atoms with Crippen LogP contribution in [0.25, 0.3) is 0 Å². The normalized spacial score (nSPS) is 10.8. The van der Waals surface area contributed by atoms with Crippen molar-refractivity contribution in [3.8, 4) is 0 Å². The topological polar surface area (TPSA) is 54.5 Å². The maximum atomic E-state index is 12.6. The first-order valence-electron chi connectivity index (χ1n) is 7.21. The number of carbonyl (C=O) groups excluding carboxylic acids is 1. The fourth-order valence-corrected chi connectivity index (χ4v) is 2.05. The zero-order valence-corrected chi connectivity index (χ0v) is 13.9. The second-order valence-corrected chi connectivity index (χ2v) is 5.45. The van der Waals surface area contributed by atoms with E-state index in [1.165, 1.54) is 0 Å². The van der Waals surface area contributed by atoms with Crippen molar-refractivity contribution < 1.29 is 9.53 Å². The number of carbonyl (C=O) groups is 1. The number of amides is 1. The Morgan fingerprint density at radius 2 is 2.19 bits per heavy atom. The Morgan fingerprint density at radius 3 is 2.76 bits per heavy atom. The van der Waals surface area contributed by atoms with Crippen molar-refractivity contribution in [3.63, 3.8) is 0 Å². The number of nitrogens with one attached hydrogen (secondary N) is 1. The molecule has 1 aromatic rings. The standard InChI is InChI=1S/C15H24ClN3O2/c1-5-8-17-13-7-6-12(16)14(18-13)15(20)19(11(2)3)9-10-21-4/h6-7,11H,5,8-10H2,1-4H3,(H,17,18). The third kappa shape index (κ3) is 5.17. The highest BCUT2D eigenvalue weighted by molar-refractivity contribution is 6.33. The van der Waals surface area contributed by atoms with Gasteiger partial charge < -0.3 is 15.0 Å². The quantitative estimate of drug-likeness (QED) is 0.801. The van der Waals surface area contributed by atoms with Gasteiger partial charge in [0.2, 0.25) is 0 Å². The summed E-state index contributed by atoms with van der Waals surface area (Å²) in [5, 5.41) is 3.53. The van der Waals surface area contributed by atoms with Crippen LogP contribution < -0.4 is 5.32 Å². The number of hydrogen-bond donors (Lipinski definition) is 1. The molecule has 0 saturated heterocycles. The molecule has 0 bridgehead atoms. The van der Waals surface area contributed by atoms with Gasteiger partial charge in [-0.25, -0.2) is 4.98 Å². The second-order valence-electron chi connectivity index (χ2n) is 5.04. The molecular formula is C15H24ClN3O2. The van der Waals surface area contributed by atoms with Crippen molar-refractivity contribution in [2.45, 2.75) is 33.2 Å². The first-order chi connectivity index (χ1) is 10.0. The predicted molar refractivity (Wildman–Crippen MR) is 86.1 cm³/mol. The molecule has 1 heterocycles. The minimum absolute atomic E-state index is 0.0535. The summed E-state index contributed by atoms with van der Waals surface area (Å²) >= 11 is 6.14. The summed E-state index contributed by atoms with van der Waals surface area (Å²) in [4.78, 5) is 18.7. The monoisotopic (exact) mass is 313 g/mol. The lowest BCUT2D eigenvalue weighted by Gasteiger charge is -2.26. The third-order valence-corrected chi connectivity index (χ3v) is 3.33. The number of pyridine rings is 1. The van der Waals surface area contributed by atoms with Gasteiger partial charge in [0, 0.05) is 26.2 Å². The SMILES string of the molecule is CCCNc1ccc(Cl)c(C(=O)N(CCOC)C(C)C)n1. The molecule has 0 saturated carbocycles. The molecule has 1 rings (SSSR count). The van der Waals surface area contributed by atoms with E-state index in [1.807, 2.05) is 13.8 Å². The molecule has 1 amide bonds. The van der Waals surface area contributed by atoms with Crippen molar-refractivity contribution >= 4 is 23.3 Å². The van der Waals surface area contributed by atoms with Crippen LogP contribution >= 0.6 is 11.6 Å². The van der Waals surface area contributed by atoms with E-state index in [2.05, 4.69) is 17.2 Å². The van der Waals surface area contributed by atoms with Crippen LogP contribution in [-0.2, 0) is 4.74 Å². The van der Waals surface area contributed by atoms with Crippen molar-refractivity contribution in [1.82, 2.24) is 9.88 Å². The van der Waals surface area contributed by atoms with E-state index in [0.717, 1.165) is 13.0 Å². The molecular weight excluding hydrogens is 290 g/mol. The van der Waals surface area contributed by atoms with Gasteiger partial charge in [-0.15, -0.1) is 0 Å². The van der Waals surface area contributed by atoms with Gasteiger partial charge in [0.05, 0.1) is 11.6 Å². The first-order valence-corrected chi connectivity index (χ1v) is 7.59. The summed E-state index contributed by atoms with van der Waals surface area (Å²) in [5.41, 5.74) is 0.280. The summed E-state index contributed by atoms with van der Waals surface area (Å²) in [7, 11) is 1.61. The number of methoxy groups -OCH3 is 1. The van der Waals surface area contributed by atoms with Gasteiger partial charge in [-0.1, -0.05) is 18.5 Å². The molecule has 5 nitrogen and oxygen atoms in total. The van der Waals surface area contributed by atoms with Crippen LogP contribution in [0.2, 0.25) is 5.02 Å². The summed E-state index contributed by atoms with van der Waals surface area (Å²) < 4.78 is 5.06. The smallest absolute Gasteiger partial charge is 0.274 e. The van der Waals surface area contributed by atoms with Gasteiger partial charge in [0.15, 0.2) is 0 Å². The summed E-state index contributed by atoms with van der Waals surface area (Å²) in [6.07, 6.45) is 0.986. The van der Waals surface area contributed by atoms with Gasteiger partial charge in [-0.3, -0.25) is 4.79 Å². The molecule has 1 N–H and O–H groups in total. The highest BCUT2D eigenvalue weighted by Crippen LogP contribution is 2.19. The molecule has 0 fully saturated rings. The van der Waals surface area contributed by atoms with Crippen LogP contribution in [0.15, 0.2) is 12.1 Å². The fraction of sp³-hybridized carbons (Fsp3) is 0.600. The van der Waals surface area contributed by atoms with Crippen LogP contribution in [0.3, 0.4) is 0 Å². The molecule has 0 atom stereocenters. The number of aromatic nitrogens is 1. The number of nitrogens with zero attached hydrogens (tertiary/aromatic N) is 2. The van der Waals surface area contributed by atoms with Crippen LogP contribution in [0.5, 0.6) is 0 Å². The Morgan fingerprint density at radius 1 is 1.48 bits per heavy atom. The highest BCUT2D eigenvalue weighted by Gasteiger charge is 2.22. The van der Waals surface area contributed by atoms with Crippen molar-refractivity contribution in [2.75, 3.05) is 32.1 Å². The number of rotatable bonds is 8. The zero-order chi connectivity index (χ0) is 15.8. The second kappa shape index (κ2) is 8.85. The van der Waals surface area contributed by atoms with Crippen LogP contribution in [0.4, 0.5) is 5.82 Å². The molecule has 0 aliphatic heterocycles. The van der Waals surface area contributed by atoms with E-state index in [9.17, 15) is 4.79 Å². The average Bonchev–Trinajstić information content (AvgIpc) is 2.46. The fourth-order valence-electron chi connectivity index (χ4n) is 1.86. The molecule has 118 valence electrons. The number of hydrogen-bond acceptors (Lipinski definition) is 4. The molecule has 6 heteroatoms. The Kier molecular flexibility index (Phi) is 7.47. The highest BCUT2D eigenvalue weighted by atomic mass is 35.5. The van der Waals surface area contributed by atoms with Crippen molar-refractivity contribution in [2.24, 2.45) is 0 Å². The third-order valence-electron chi connectivity index (χ3n) is 3.03. The van der Waals surface area contributed by atoms with E-state index in [4.69, 9.17) is 16.3 Å². The Labute approximate surface area is 131 Å². The van der Waals surface area contributed by atoms with Crippen molar-refractivity contribution in [3.05, 3.63) is 22.8 Å². The molecule has 0 unspecified atom stereocenters. The van der Waals surface area contributed by atoms with E-state index in [1.54, 1.807) is 24.1 Å². The maximum absolute atomic E-state index is 12.6. The first kappa shape index (κ1) is 17.7. The van der Waals surface area contributed by atoms with Gasteiger partial charge in [0.25, 0.3) is 5.91 Å². The Hall–Kier alpha value is -1.33. The summed E-state index contributed by atoms with van der Waals surface area (Å²) in [6.45, 7) is 7.79. The van der Waals surface area contributed by atoms with Gasteiger partial charge >= 0.3 is 0 Å². The molecule has 21 heavy (non-hydrogen) atoms. The molecule has 0 aliphatic carbocycles. The Balaban J connectivity index is 2.97. The van der Waals surface area contributed by atoms with E-state index in [-0.39, 0.29) is 17.6 Å². The van der Waals surface area contributed by atoms with Crippen LogP contribution in [0, 0.1) is 0 Å². The minimum atomic E-state index is -0.174. The van der Waals surface area contributed by atoms with Crippen LogP contribution in [0.1, 0.15) is 37.7 Å². The predicted octanol–water partition coefficient (Wildman–Crippen LogP) is 3.05. The maximum Gasteiger partial charge on any atom is 0.274 e. The lowest BCUT2D eigenvalue weighted by atomic mass is 10.2. The van der Waals surface area contributed by atoms with Gasteiger partial charge in [-0.2, -0.15) is 0 Å². The zero-order valence-electron chi connectivity index (χ0n) is 13.1. The van der Waals surface area contributed by atoms with Gasteiger partial charge in [-0.05, 0) is 32.4 Å². The molecule has 0 aliphatic rings. The largest absolute Gasteiger partial charge is 0.383 e. The van der Waals surface area contributed by atoms with E-state index >= 15 is 0 Å². The van der Waals surface area contributed by atoms with Crippen LogP contribution in [-0.4, -0.2) is 48.6 Å². The minimum Gasteiger partial charge on any atom is -0.383 e. The number of halogens is 1. The summed E-state index contributed by atoms with van der Waals surface area (Å²) in [5.74, 6) is 0.493. The van der Waals surface area contributed by atoms with E-state index < -0.39 is 0 Å². The van der Waals surface area contributed by atoms with Gasteiger partial charge in [0.1, 0.15) is 11.5 Å². The van der Waals surface area contributed by atoms with Crippen molar-refractivity contribution in [1.29, 1.82) is 0 Å². The number of anilines is 1. The molecule has 0 radical (unpaired) electrons. The van der Waals surface area contributed by atoms with E-state index in [0.29, 0.717) is 24.0 Å².